The molecule has 1 rings (SSSR count). The van der Waals surface area contributed by atoms with Crippen molar-refractivity contribution in [2.75, 3.05) is 13.2 Å². The Bertz CT molecular complexity index is 367. The van der Waals surface area contributed by atoms with Crippen molar-refractivity contribution >= 4 is 21.8 Å². The van der Waals surface area contributed by atoms with Gasteiger partial charge in [-0.25, -0.2) is 0 Å². The van der Waals surface area contributed by atoms with Gasteiger partial charge in [-0.05, 0) is 24.6 Å². The minimum absolute atomic E-state index is 0.0487. The highest BCUT2D eigenvalue weighted by molar-refractivity contribution is 9.10. The summed E-state index contributed by atoms with van der Waals surface area (Å²) in [5.41, 5.74) is 0. The Morgan fingerprint density at radius 2 is 2.35 bits per heavy atom. The molecule has 0 aliphatic rings. The van der Waals surface area contributed by atoms with Gasteiger partial charge in [0, 0.05) is 4.47 Å². The minimum Gasteiger partial charge on any atom is -0.484 e. The molecule has 1 aromatic rings. The van der Waals surface area contributed by atoms with Crippen LogP contribution < -0.4 is 10.1 Å². The second-order valence-electron chi connectivity index (χ2n) is 3.60. The molecule has 1 atom stereocenters. The number of rotatable bonds is 6. The third kappa shape index (κ3) is 5.19. The third-order valence-corrected chi connectivity index (χ3v) is 2.74. The first-order valence-corrected chi connectivity index (χ1v) is 6.23. The number of halogens is 1. The average Bonchev–Trinajstić information content (AvgIpc) is 2.33. The van der Waals surface area contributed by atoms with Gasteiger partial charge in [-0.2, -0.15) is 0 Å². The van der Waals surface area contributed by atoms with Crippen molar-refractivity contribution in [3.8, 4) is 5.75 Å². The molecule has 5 heteroatoms. The lowest BCUT2D eigenvalue weighted by Gasteiger charge is -2.14. The Morgan fingerprint density at radius 3 is 2.94 bits per heavy atom. The fourth-order valence-corrected chi connectivity index (χ4v) is 1.63. The van der Waals surface area contributed by atoms with Crippen molar-refractivity contribution in [1.29, 1.82) is 0 Å². The fraction of sp³-hybridized carbons (Fsp3) is 0.417. The molecule has 0 spiro atoms. The Balaban J connectivity index is 2.38. The number of hydrogen-bond acceptors (Lipinski definition) is 3. The quantitative estimate of drug-likeness (QED) is 0.841. The van der Waals surface area contributed by atoms with E-state index < -0.39 is 0 Å². The molecule has 17 heavy (non-hydrogen) atoms. The molecule has 0 saturated heterocycles. The highest BCUT2D eigenvalue weighted by Gasteiger charge is 2.09. The molecule has 1 unspecified atom stereocenters. The van der Waals surface area contributed by atoms with E-state index in [1.54, 1.807) is 12.1 Å². The molecule has 0 aliphatic carbocycles. The largest absolute Gasteiger partial charge is 0.484 e. The number of nitrogens with one attached hydrogen (secondary N) is 1. The summed E-state index contributed by atoms with van der Waals surface area (Å²) >= 11 is 3.32. The van der Waals surface area contributed by atoms with Gasteiger partial charge in [-0.15, -0.1) is 0 Å². The van der Waals surface area contributed by atoms with Crippen LogP contribution in [0.4, 0.5) is 0 Å². The fourth-order valence-electron chi connectivity index (χ4n) is 1.25. The van der Waals surface area contributed by atoms with Gasteiger partial charge < -0.3 is 15.2 Å². The second-order valence-corrected chi connectivity index (χ2v) is 4.52. The smallest absolute Gasteiger partial charge is 0.258 e. The number of aliphatic hydroxyl groups is 1. The number of amides is 1. The monoisotopic (exact) mass is 301 g/mol. The van der Waals surface area contributed by atoms with E-state index in [9.17, 15) is 4.79 Å². The van der Waals surface area contributed by atoms with Crippen LogP contribution in [-0.4, -0.2) is 30.3 Å². The molecule has 4 nitrogen and oxygen atoms in total. The molecular formula is C12H16BrNO3. The number of carbonyl (C=O) groups is 1. The summed E-state index contributed by atoms with van der Waals surface area (Å²) in [6, 6.07) is 7.08. The molecule has 0 aliphatic heterocycles. The van der Waals surface area contributed by atoms with Gasteiger partial charge in [0.1, 0.15) is 5.75 Å². The Morgan fingerprint density at radius 1 is 1.59 bits per heavy atom. The van der Waals surface area contributed by atoms with Crippen LogP contribution in [0.1, 0.15) is 13.3 Å². The van der Waals surface area contributed by atoms with E-state index in [2.05, 4.69) is 21.2 Å². The van der Waals surface area contributed by atoms with Crippen LogP contribution >= 0.6 is 15.9 Å². The van der Waals surface area contributed by atoms with Crippen LogP contribution in [0.5, 0.6) is 5.75 Å². The van der Waals surface area contributed by atoms with Gasteiger partial charge >= 0.3 is 0 Å². The highest BCUT2D eigenvalue weighted by Crippen LogP contribution is 2.17. The van der Waals surface area contributed by atoms with Gasteiger partial charge in [-0.3, -0.25) is 4.79 Å². The summed E-state index contributed by atoms with van der Waals surface area (Å²) in [5.74, 6) is 0.400. The lowest BCUT2D eigenvalue weighted by molar-refractivity contribution is -0.124. The summed E-state index contributed by atoms with van der Waals surface area (Å²) in [7, 11) is 0. The van der Waals surface area contributed by atoms with Crippen molar-refractivity contribution < 1.29 is 14.6 Å². The first kappa shape index (κ1) is 14.0. The standard InChI is InChI=1S/C12H16BrNO3/c1-2-10(7-15)14-12(16)8-17-11-5-3-4-9(13)6-11/h3-6,10,15H,2,7-8H2,1H3,(H,14,16). The zero-order valence-electron chi connectivity index (χ0n) is 9.65. The van der Waals surface area contributed by atoms with E-state index in [1.807, 2.05) is 19.1 Å². The van der Waals surface area contributed by atoms with E-state index in [0.29, 0.717) is 12.2 Å². The molecule has 0 aromatic heterocycles. The van der Waals surface area contributed by atoms with Gasteiger partial charge in [0.15, 0.2) is 6.61 Å². The molecule has 0 radical (unpaired) electrons. The first-order valence-electron chi connectivity index (χ1n) is 5.44. The van der Waals surface area contributed by atoms with E-state index in [-0.39, 0.29) is 25.2 Å². The summed E-state index contributed by atoms with van der Waals surface area (Å²) in [5, 5.41) is 11.6. The number of carbonyl (C=O) groups excluding carboxylic acids is 1. The van der Waals surface area contributed by atoms with E-state index >= 15 is 0 Å². The summed E-state index contributed by atoms with van der Waals surface area (Å²) in [6.45, 7) is 1.79. The molecule has 0 heterocycles. The van der Waals surface area contributed by atoms with Crippen LogP contribution in [0.3, 0.4) is 0 Å². The van der Waals surface area contributed by atoms with Crippen LogP contribution in [0, 0.1) is 0 Å². The van der Waals surface area contributed by atoms with Crippen molar-refractivity contribution in [3.63, 3.8) is 0 Å². The summed E-state index contributed by atoms with van der Waals surface area (Å²) in [6.07, 6.45) is 0.694. The Labute approximate surface area is 109 Å². The van der Waals surface area contributed by atoms with Crippen LogP contribution in [-0.2, 0) is 4.79 Å². The molecule has 0 bridgehead atoms. The zero-order valence-corrected chi connectivity index (χ0v) is 11.2. The first-order chi connectivity index (χ1) is 8.15. The van der Waals surface area contributed by atoms with Gasteiger partial charge in [0.25, 0.3) is 5.91 Å². The van der Waals surface area contributed by atoms with Gasteiger partial charge in [0.05, 0.1) is 12.6 Å². The maximum Gasteiger partial charge on any atom is 0.258 e. The van der Waals surface area contributed by atoms with Crippen LogP contribution in [0.25, 0.3) is 0 Å². The summed E-state index contributed by atoms with van der Waals surface area (Å²) in [4.78, 5) is 11.5. The van der Waals surface area contributed by atoms with Crippen LogP contribution in [0.15, 0.2) is 28.7 Å². The predicted octanol–water partition coefficient (Wildman–Crippen LogP) is 1.71. The molecule has 1 aromatic carbocycles. The van der Waals surface area contributed by atoms with E-state index in [4.69, 9.17) is 9.84 Å². The van der Waals surface area contributed by atoms with E-state index in [1.165, 1.54) is 0 Å². The van der Waals surface area contributed by atoms with Gasteiger partial charge in [0.2, 0.25) is 0 Å². The topological polar surface area (TPSA) is 58.6 Å². The number of benzene rings is 1. The lowest BCUT2D eigenvalue weighted by atomic mass is 10.2. The zero-order chi connectivity index (χ0) is 12.7. The van der Waals surface area contributed by atoms with Crippen LogP contribution in [0.2, 0.25) is 0 Å². The third-order valence-electron chi connectivity index (χ3n) is 2.24. The van der Waals surface area contributed by atoms with Crippen molar-refractivity contribution in [3.05, 3.63) is 28.7 Å². The number of ether oxygens (including phenoxy) is 1. The van der Waals surface area contributed by atoms with Crippen molar-refractivity contribution in [2.24, 2.45) is 0 Å². The minimum atomic E-state index is -0.231. The maximum absolute atomic E-state index is 11.5. The summed E-state index contributed by atoms with van der Waals surface area (Å²) < 4.78 is 6.22. The normalized spacial score (nSPS) is 11.9. The number of hydrogen-bond donors (Lipinski definition) is 2. The molecule has 94 valence electrons. The maximum atomic E-state index is 11.5. The van der Waals surface area contributed by atoms with Crippen molar-refractivity contribution in [1.82, 2.24) is 5.32 Å². The molecular weight excluding hydrogens is 286 g/mol. The lowest BCUT2D eigenvalue weighted by Crippen LogP contribution is -2.39. The Hall–Kier alpha value is -1.07. The average molecular weight is 302 g/mol. The molecule has 2 N–H and O–H groups in total. The Kier molecular flexibility index (Phi) is 6.00. The number of aliphatic hydroxyl groups excluding tert-OH is 1. The molecule has 0 fully saturated rings. The van der Waals surface area contributed by atoms with E-state index in [0.717, 1.165) is 4.47 Å². The predicted molar refractivity (Wildman–Crippen MR) is 68.9 cm³/mol. The van der Waals surface area contributed by atoms with Gasteiger partial charge in [-0.1, -0.05) is 28.9 Å². The van der Waals surface area contributed by atoms with Crippen molar-refractivity contribution in [2.45, 2.75) is 19.4 Å². The SMILES string of the molecule is CCC(CO)NC(=O)COc1cccc(Br)c1. The highest BCUT2D eigenvalue weighted by atomic mass is 79.9. The molecule has 1 amide bonds. The molecule has 0 saturated carbocycles. The second kappa shape index (κ2) is 7.29.